The number of rotatable bonds is 5. The summed E-state index contributed by atoms with van der Waals surface area (Å²) in [5.74, 6) is -0.713. The molecule has 0 radical (unpaired) electrons. The van der Waals surface area contributed by atoms with E-state index in [0.717, 1.165) is 5.56 Å². The number of halogens is 2. The average molecular weight is 389 g/mol. The number of nitrogens with two attached hydrogens (primary N) is 2. The second kappa shape index (κ2) is 7.19. The Morgan fingerprint density at radius 2 is 1.77 bits per heavy atom. The third-order valence-electron chi connectivity index (χ3n) is 3.85. The first kappa shape index (κ1) is 18.0. The first-order valence-corrected chi connectivity index (χ1v) is 8.31. The Morgan fingerprint density at radius 1 is 1.08 bits per heavy atom. The SMILES string of the molecule is NC(=O)c1ncn(Cc2ccc(C(=O)c3ccc(Cl)cc3)c(Cl)c2)c1N. The number of imidazole rings is 1. The van der Waals surface area contributed by atoms with E-state index in [4.69, 9.17) is 34.7 Å². The van der Waals surface area contributed by atoms with Gasteiger partial charge in [0.1, 0.15) is 5.82 Å². The zero-order valence-corrected chi connectivity index (χ0v) is 15.0. The first-order chi connectivity index (χ1) is 12.4. The predicted molar refractivity (Wildman–Crippen MR) is 101 cm³/mol. The lowest BCUT2D eigenvalue weighted by Gasteiger charge is -2.09. The minimum atomic E-state index is -0.691. The van der Waals surface area contributed by atoms with Gasteiger partial charge in [-0.05, 0) is 42.0 Å². The second-order valence-corrected chi connectivity index (χ2v) is 6.46. The van der Waals surface area contributed by atoms with Gasteiger partial charge < -0.3 is 16.0 Å². The summed E-state index contributed by atoms with van der Waals surface area (Å²) >= 11 is 12.1. The number of benzene rings is 2. The molecule has 0 fully saturated rings. The van der Waals surface area contributed by atoms with Gasteiger partial charge >= 0.3 is 0 Å². The molecule has 0 bridgehead atoms. The smallest absolute Gasteiger partial charge is 0.271 e. The minimum absolute atomic E-state index is 0.0191. The monoisotopic (exact) mass is 388 g/mol. The van der Waals surface area contributed by atoms with Gasteiger partial charge in [0, 0.05) is 16.1 Å². The molecule has 1 amide bonds. The quantitative estimate of drug-likeness (QED) is 0.654. The van der Waals surface area contributed by atoms with E-state index in [1.165, 1.54) is 6.33 Å². The standard InChI is InChI=1S/C18H14Cl2N4O2/c19-12-4-2-11(3-5-12)16(25)13-6-1-10(7-14(13)20)8-24-9-23-15(17(24)21)18(22)26/h1-7,9H,8,21H2,(H2,22,26). The summed E-state index contributed by atoms with van der Waals surface area (Å²) in [5.41, 5.74) is 12.8. The normalized spacial score (nSPS) is 10.7. The average Bonchev–Trinajstić information content (AvgIpc) is 2.96. The highest BCUT2D eigenvalue weighted by Gasteiger charge is 2.15. The van der Waals surface area contributed by atoms with Gasteiger partial charge in [-0.3, -0.25) is 9.59 Å². The lowest BCUT2D eigenvalue weighted by Crippen LogP contribution is -2.14. The van der Waals surface area contributed by atoms with Crippen molar-refractivity contribution in [2.24, 2.45) is 5.73 Å². The van der Waals surface area contributed by atoms with Crippen LogP contribution in [0.4, 0.5) is 5.82 Å². The summed E-state index contributed by atoms with van der Waals surface area (Å²) < 4.78 is 1.58. The van der Waals surface area contributed by atoms with Crippen LogP contribution in [0, 0.1) is 0 Å². The van der Waals surface area contributed by atoms with E-state index in [-0.39, 0.29) is 17.3 Å². The molecule has 3 rings (SSSR count). The maximum Gasteiger partial charge on any atom is 0.271 e. The number of carbonyl (C=O) groups excluding carboxylic acids is 2. The number of hydrogen-bond acceptors (Lipinski definition) is 4. The zero-order valence-electron chi connectivity index (χ0n) is 13.4. The highest BCUT2D eigenvalue weighted by Crippen LogP contribution is 2.23. The van der Waals surface area contributed by atoms with Crippen molar-refractivity contribution in [3.05, 3.63) is 81.2 Å². The predicted octanol–water partition coefficient (Wildman–Crippen LogP) is 3.15. The van der Waals surface area contributed by atoms with E-state index >= 15 is 0 Å². The van der Waals surface area contributed by atoms with Crippen molar-refractivity contribution in [3.8, 4) is 0 Å². The molecule has 6 nitrogen and oxygen atoms in total. The van der Waals surface area contributed by atoms with Gasteiger partial charge in [0.25, 0.3) is 5.91 Å². The molecule has 0 saturated carbocycles. The van der Waals surface area contributed by atoms with Gasteiger partial charge in [-0.25, -0.2) is 4.98 Å². The maximum absolute atomic E-state index is 12.6. The molecule has 1 aromatic heterocycles. The molecule has 8 heteroatoms. The van der Waals surface area contributed by atoms with E-state index in [1.54, 1.807) is 47.0 Å². The molecule has 0 unspecified atom stereocenters. The van der Waals surface area contributed by atoms with Gasteiger partial charge in [-0.2, -0.15) is 0 Å². The van der Waals surface area contributed by atoms with E-state index < -0.39 is 5.91 Å². The van der Waals surface area contributed by atoms with Crippen molar-refractivity contribution < 1.29 is 9.59 Å². The molecule has 0 aliphatic rings. The van der Waals surface area contributed by atoms with Crippen molar-refractivity contribution in [1.82, 2.24) is 9.55 Å². The highest BCUT2D eigenvalue weighted by atomic mass is 35.5. The third-order valence-corrected chi connectivity index (χ3v) is 4.41. The fraction of sp³-hybridized carbons (Fsp3) is 0.0556. The minimum Gasteiger partial charge on any atom is -0.383 e. The van der Waals surface area contributed by atoms with E-state index in [1.807, 2.05) is 0 Å². The molecule has 26 heavy (non-hydrogen) atoms. The molecule has 1 heterocycles. The van der Waals surface area contributed by atoms with Crippen LogP contribution in [0.15, 0.2) is 48.8 Å². The van der Waals surface area contributed by atoms with Crippen LogP contribution in [0.1, 0.15) is 32.0 Å². The van der Waals surface area contributed by atoms with Crippen LogP contribution in [0.5, 0.6) is 0 Å². The fourth-order valence-electron chi connectivity index (χ4n) is 2.50. The number of hydrogen-bond donors (Lipinski definition) is 2. The molecule has 2 aromatic carbocycles. The summed E-state index contributed by atoms with van der Waals surface area (Å²) in [4.78, 5) is 27.7. The summed E-state index contributed by atoms with van der Waals surface area (Å²) in [6.07, 6.45) is 1.43. The molecule has 0 spiro atoms. The number of carbonyl (C=O) groups is 2. The number of anilines is 1. The van der Waals surface area contributed by atoms with E-state index in [9.17, 15) is 9.59 Å². The van der Waals surface area contributed by atoms with E-state index in [0.29, 0.717) is 27.7 Å². The van der Waals surface area contributed by atoms with Crippen molar-refractivity contribution in [1.29, 1.82) is 0 Å². The summed E-state index contributed by atoms with van der Waals surface area (Å²) in [7, 11) is 0. The molecule has 4 N–H and O–H groups in total. The largest absolute Gasteiger partial charge is 0.383 e. The Balaban J connectivity index is 1.85. The van der Waals surface area contributed by atoms with Gasteiger partial charge in [0.2, 0.25) is 0 Å². The van der Waals surface area contributed by atoms with Crippen molar-refractivity contribution >= 4 is 40.7 Å². The molecular formula is C18H14Cl2N4O2. The number of nitrogens with zero attached hydrogens (tertiary/aromatic N) is 2. The molecular weight excluding hydrogens is 375 g/mol. The van der Waals surface area contributed by atoms with Crippen molar-refractivity contribution in [2.45, 2.75) is 6.54 Å². The number of ketones is 1. The van der Waals surface area contributed by atoms with Crippen molar-refractivity contribution in [2.75, 3.05) is 5.73 Å². The number of primary amides is 1. The Bertz CT molecular complexity index is 997. The Labute approximate surface area is 159 Å². The third kappa shape index (κ3) is 3.56. The summed E-state index contributed by atoms with van der Waals surface area (Å²) in [6, 6.07) is 11.7. The Morgan fingerprint density at radius 3 is 2.35 bits per heavy atom. The topological polar surface area (TPSA) is 104 Å². The molecule has 0 atom stereocenters. The summed E-state index contributed by atoms with van der Waals surface area (Å²) in [5, 5.41) is 0.868. The Kier molecular flexibility index (Phi) is 4.97. The van der Waals surface area contributed by atoms with Crippen LogP contribution in [0.3, 0.4) is 0 Å². The lowest BCUT2D eigenvalue weighted by atomic mass is 10.0. The van der Waals surface area contributed by atoms with Crippen LogP contribution < -0.4 is 11.5 Å². The Hall–Kier alpha value is -2.83. The van der Waals surface area contributed by atoms with Gasteiger partial charge in [0.15, 0.2) is 11.5 Å². The molecule has 0 aliphatic heterocycles. The number of aromatic nitrogens is 2. The van der Waals surface area contributed by atoms with Crippen LogP contribution in [-0.4, -0.2) is 21.2 Å². The molecule has 0 saturated heterocycles. The van der Waals surface area contributed by atoms with Crippen LogP contribution in [0.2, 0.25) is 10.0 Å². The fourth-order valence-corrected chi connectivity index (χ4v) is 2.92. The van der Waals surface area contributed by atoms with E-state index in [2.05, 4.69) is 4.98 Å². The van der Waals surface area contributed by atoms with Crippen LogP contribution in [-0.2, 0) is 6.54 Å². The second-order valence-electron chi connectivity index (χ2n) is 5.62. The summed E-state index contributed by atoms with van der Waals surface area (Å²) in [6.45, 7) is 0.335. The number of nitrogen functional groups attached to an aromatic ring is 1. The van der Waals surface area contributed by atoms with Gasteiger partial charge in [0.05, 0.1) is 17.9 Å². The van der Waals surface area contributed by atoms with Gasteiger partial charge in [-0.15, -0.1) is 0 Å². The van der Waals surface area contributed by atoms with Crippen molar-refractivity contribution in [3.63, 3.8) is 0 Å². The van der Waals surface area contributed by atoms with Gasteiger partial charge in [-0.1, -0.05) is 29.3 Å². The maximum atomic E-state index is 12.6. The molecule has 132 valence electrons. The van der Waals surface area contributed by atoms with Crippen LogP contribution >= 0.6 is 23.2 Å². The van der Waals surface area contributed by atoms with Crippen LogP contribution in [0.25, 0.3) is 0 Å². The highest BCUT2D eigenvalue weighted by molar-refractivity contribution is 6.35. The molecule has 0 aliphatic carbocycles. The lowest BCUT2D eigenvalue weighted by molar-refractivity contribution is 0.0995. The number of amides is 1. The molecule has 3 aromatic rings. The zero-order chi connectivity index (χ0) is 18.8. The first-order valence-electron chi connectivity index (χ1n) is 7.56.